The molecule has 3 aromatic rings. The summed E-state index contributed by atoms with van der Waals surface area (Å²) in [4.78, 5) is 2.65. The number of para-hydroxylation sites is 1. The Labute approximate surface area is 218 Å². The summed E-state index contributed by atoms with van der Waals surface area (Å²) in [6.45, 7) is 7.92. The van der Waals surface area contributed by atoms with Gasteiger partial charge in [-0.25, -0.2) is 0 Å². The van der Waals surface area contributed by atoms with Crippen LogP contribution in [0.25, 0.3) is 10.9 Å². The second-order valence-corrected chi connectivity index (χ2v) is 13.5. The van der Waals surface area contributed by atoms with E-state index in [1.54, 1.807) is 7.11 Å². The first-order valence-electron chi connectivity index (χ1n) is 14.4. The first-order valence-corrected chi connectivity index (χ1v) is 14.4. The Morgan fingerprint density at radius 2 is 1.97 bits per heavy atom. The lowest BCUT2D eigenvalue weighted by Crippen LogP contribution is -2.74. The number of likely N-dealkylation sites (tertiary alicyclic amines) is 1. The number of nitrogens with zero attached hydrogens (tertiary/aromatic N) is 2. The lowest BCUT2D eigenvalue weighted by molar-refractivity contribution is -0.173. The molecule has 5 nitrogen and oxygen atoms in total. The summed E-state index contributed by atoms with van der Waals surface area (Å²) in [5, 5.41) is 14.5. The van der Waals surface area contributed by atoms with Crippen molar-refractivity contribution >= 4 is 10.9 Å². The molecule has 0 unspecified atom stereocenters. The number of hydrogen-bond donors (Lipinski definition) is 1. The Morgan fingerprint density at radius 3 is 2.78 bits per heavy atom. The van der Waals surface area contributed by atoms with Gasteiger partial charge in [-0.05, 0) is 72.7 Å². The van der Waals surface area contributed by atoms with E-state index in [0.29, 0.717) is 6.42 Å². The fraction of sp³-hybridized carbons (Fsp3) is 0.562. The highest BCUT2D eigenvalue weighted by Crippen LogP contribution is 2.69. The van der Waals surface area contributed by atoms with Gasteiger partial charge in [-0.3, -0.25) is 4.90 Å². The van der Waals surface area contributed by atoms with Crippen molar-refractivity contribution in [1.29, 1.82) is 0 Å². The van der Waals surface area contributed by atoms with Crippen molar-refractivity contribution in [3.63, 3.8) is 0 Å². The average Bonchev–Trinajstić information content (AvgIpc) is 3.55. The number of fused-ring (bicyclic) bond motifs is 4. The number of aryl methyl sites for hydroxylation is 1. The molecule has 9 rings (SSSR count). The number of piperidine rings is 1. The van der Waals surface area contributed by atoms with E-state index < -0.39 is 11.0 Å². The molecule has 2 aromatic carbocycles. The zero-order valence-corrected chi connectivity index (χ0v) is 22.1. The maximum absolute atomic E-state index is 13.2. The Bertz CT molecular complexity index is 1520. The molecule has 1 saturated heterocycles. The molecule has 3 aliphatic carbocycles. The van der Waals surface area contributed by atoms with Gasteiger partial charge in [0.05, 0.1) is 29.3 Å². The van der Waals surface area contributed by atoms with Gasteiger partial charge >= 0.3 is 0 Å². The number of hydrogen-bond acceptors (Lipinski definition) is 4. The van der Waals surface area contributed by atoms with Crippen LogP contribution in [0.2, 0.25) is 0 Å². The van der Waals surface area contributed by atoms with E-state index in [0.717, 1.165) is 56.3 Å². The van der Waals surface area contributed by atoms with E-state index in [9.17, 15) is 5.11 Å². The van der Waals surface area contributed by atoms with Gasteiger partial charge in [0.15, 0.2) is 17.6 Å². The van der Waals surface area contributed by atoms with Gasteiger partial charge in [0.1, 0.15) is 0 Å². The van der Waals surface area contributed by atoms with Crippen molar-refractivity contribution in [3.8, 4) is 11.5 Å². The normalized spacial score (nSPS) is 34.2. The Hall–Kier alpha value is -2.50. The molecule has 2 fully saturated rings. The van der Waals surface area contributed by atoms with Crippen molar-refractivity contribution in [2.75, 3.05) is 20.2 Å². The van der Waals surface area contributed by atoms with Gasteiger partial charge < -0.3 is 19.1 Å². The quantitative estimate of drug-likeness (QED) is 0.553. The predicted molar refractivity (Wildman–Crippen MR) is 143 cm³/mol. The number of rotatable bonds is 3. The molecule has 0 amide bonds. The van der Waals surface area contributed by atoms with Crippen molar-refractivity contribution in [3.05, 3.63) is 58.3 Å². The Kier molecular flexibility index (Phi) is 3.79. The molecule has 1 saturated carbocycles. The molecule has 4 atom stereocenters. The van der Waals surface area contributed by atoms with Crippen LogP contribution in [0.1, 0.15) is 73.6 Å². The molecule has 2 bridgehead atoms. The van der Waals surface area contributed by atoms with E-state index in [2.05, 4.69) is 53.6 Å². The zero-order chi connectivity index (χ0) is 24.9. The third-order valence-corrected chi connectivity index (χ3v) is 11.3. The lowest BCUT2D eigenvalue weighted by atomic mass is 9.49. The summed E-state index contributed by atoms with van der Waals surface area (Å²) in [6.07, 6.45) is 6.14. The van der Waals surface area contributed by atoms with Gasteiger partial charge in [-0.1, -0.05) is 38.1 Å². The topological polar surface area (TPSA) is 46.9 Å². The van der Waals surface area contributed by atoms with Crippen LogP contribution in [0.15, 0.2) is 30.3 Å². The molecule has 192 valence electrons. The summed E-state index contributed by atoms with van der Waals surface area (Å²) >= 11 is 0. The highest BCUT2D eigenvalue weighted by molar-refractivity contribution is 5.91. The fourth-order valence-corrected chi connectivity index (χ4v) is 9.36. The zero-order valence-electron chi connectivity index (χ0n) is 22.1. The van der Waals surface area contributed by atoms with Crippen LogP contribution in [0.3, 0.4) is 0 Å². The molecule has 5 heteroatoms. The molecule has 1 aromatic heterocycles. The van der Waals surface area contributed by atoms with Crippen LogP contribution in [0.5, 0.6) is 11.5 Å². The SMILES string of the molecule is COc1ccc2c3c1O[C@H]1c4c(c5cccc6c5n4CCC6(C)C)C[C@@]4(O)[C@@H](C2)N(CC2CC2)CC[C@]314. The minimum absolute atomic E-state index is 0.121. The summed E-state index contributed by atoms with van der Waals surface area (Å²) in [7, 11) is 1.74. The summed E-state index contributed by atoms with van der Waals surface area (Å²) in [5.41, 5.74) is 6.92. The summed E-state index contributed by atoms with van der Waals surface area (Å²) in [6, 6.07) is 11.3. The fourth-order valence-electron chi connectivity index (χ4n) is 9.36. The third-order valence-electron chi connectivity index (χ3n) is 11.3. The second kappa shape index (κ2) is 6.55. The van der Waals surface area contributed by atoms with Gasteiger partial charge in [-0.2, -0.15) is 0 Å². The first kappa shape index (κ1) is 21.4. The highest BCUT2D eigenvalue weighted by atomic mass is 16.5. The van der Waals surface area contributed by atoms with Crippen LogP contribution < -0.4 is 9.47 Å². The number of benzene rings is 2. The average molecular weight is 497 g/mol. The van der Waals surface area contributed by atoms with Crippen LogP contribution in [0, 0.1) is 5.92 Å². The Balaban J connectivity index is 1.35. The van der Waals surface area contributed by atoms with Crippen molar-refractivity contribution in [2.24, 2.45) is 5.92 Å². The van der Waals surface area contributed by atoms with E-state index in [-0.39, 0.29) is 17.6 Å². The molecule has 1 spiro atoms. The monoisotopic (exact) mass is 496 g/mol. The minimum Gasteiger partial charge on any atom is -0.493 e. The number of ether oxygens (including phenoxy) is 2. The van der Waals surface area contributed by atoms with Crippen molar-refractivity contribution in [2.45, 2.75) is 87.5 Å². The van der Waals surface area contributed by atoms with Gasteiger partial charge in [0, 0.05) is 36.5 Å². The van der Waals surface area contributed by atoms with Crippen LogP contribution in [-0.4, -0.2) is 46.4 Å². The molecule has 3 aliphatic heterocycles. The van der Waals surface area contributed by atoms with Crippen molar-refractivity contribution < 1.29 is 14.6 Å². The molecular weight excluding hydrogens is 460 g/mol. The highest BCUT2D eigenvalue weighted by Gasteiger charge is 2.73. The standard InChI is InChI=1S/C32H36N2O3/c1-30(2)11-14-34-26-20(5-4-6-22(26)30)21-16-32(35)24-15-19-9-10-23(36-3)28-25(19)31(32,29(37-28)27(21)34)12-13-33(24)17-18-7-8-18/h4-6,9-10,18,24,29,35H,7-8,11-17H2,1-3H3/t24-,29+,31+,32-/m1/s1. The smallest absolute Gasteiger partial charge is 0.166 e. The van der Waals surface area contributed by atoms with Crippen LogP contribution in [-0.2, 0) is 30.2 Å². The molecule has 6 aliphatic rings. The largest absolute Gasteiger partial charge is 0.493 e. The maximum atomic E-state index is 13.2. The number of aromatic nitrogens is 1. The maximum Gasteiger partial charge on any atom is 0.166 e. The van der Waals surface area contributed by atoms with E-state index in [1.807, 2.05) is 0 Å². The van der Waals surface area contributed by atoms with E-state index in [4.69, 9.17) is 9.47 Å². The molecule has 1 N–H and O–H groups in total. The number of methoxy groups -OCH3 is 1. The summed E-state index contributed by atoms with van der Waals surface area (Å²) in [5.74, 6) is 2.50. The van der Waals surface area contributed by atoms with Gasteiger partial charge in [0.25, 0.3) is 0 Å². The van der Waals surface area contributed by atoms with Gasteiger partial charge in [0.2, 0.25) is 0 Å². The Morgan fingerprint density at radius 1 is 1.11 bits per heavy atom. The first-order chi connectivity index (χ1) is 17.9. The molecular formula is C32H36N2O3. The van der Waals surface area contributed by atoms with Crippen LogP contribution >= 0.6 is 0 Å². The lowest BCUT2D eigenvalue weighted by Gasteiger charge is -2.63. The van der Waals surface area contributed by atoms with Gasteiger partial charge in [-0.15, -0.1) is 0 Å². The molecule has 4 heterocycles. The third kappa shape index (κ3) is 2.33. The summed E-state index contributed by atoms with van der Waals surface area (Å²) < 4.78 is 15.5. The van der Waals surface area contributed by atoms with E-state index in [1.165, 1.54) is 51.7 Å². The second-order valence-electron chi connectivity index (χ2n) is 13.5. The number of aliphatic hydroxyl groups is 1. The predicted octanol–water partition coefficient (Wildman–Crippen LogP) is 5.03. The van der Waals surface area contributed by atoms with E-state index >= 15 is 0 Å². The van der Waals surface area contributed by atoms with Crippen molar-refractivity contribution in [1.82, 2.24) is 9.47 Å². The minimum atomic E-state index is -0.860. The molecule has 37 heavy (non-hydrogen) atoms. The molecule has 0 radical (unpaired) electrons. The van der Waals surface area contributed by atoms with Crippen LogP contribution in [0.4, 0.5) is 0 Å².